The predicted molar refractivity (Wildman–Crippen MR) is 128 cm³/mol. The molecule has 33 heavy (non-hydrogen) atoms. The van der Waals surface area contributed by atoms with Gasteiger partial charge in [-0.15, -0.1) is 0 Å². The average molecular weight is 474 g/mol. The summed E-state index contributed by atoms with van der Waals surface area (Å²) in [6.07, 6.45) is 1.30. The Labute approximate surface area is 198 Å². The lowest BCUT2D eigenvalue weighted by Gasteiger charge is -2.50. The molecule has 1 aromatic heterocycles. The number of aliphatic hydroxyl groups is 1. The number of likely N-dealkylation sites (tertiary alicyclic amines) is 1. The van der Waals surface area contributed by atoms with Gasteiger partial charge in [0, 0.05) is 50.8 Å². The van der Waals surface area contributed by atoms with Gasteiger partial charge in [0.2, 0.25) is 5.91 Å². The Kier molecular flexibility index (Phi) is 8.15. The van der Waals surface area contributed by atoms with Crippen molar-refractivity contribution in [2.24, 2.45) is 5.92 Å². The van der Waals surface area contributed by atoms with Crippen LogP contribution < -0.4 is 10.6 Å². The number of piperidine rings is 2. The SMILES string of the molecule is CC(=O)N1CC[C@]2(O)CCN(c3cc(N)nc(SCc4ccccc4C)n3)C[C@@H]2C1.O=CO. The number of anilines is 2. The Balaban J connectivity index is 0.000000968. The second-order valence-corrected chi connectivity index (χ2v) is 9.41. The van der Waals surface area contributed by atoms with E-state index in [9.17, 15) is 9.90 Å². The minimum Gasteiger partial charge on any atom is -0.483 e. The number of rotatable bonds is 4. The molecule has 2 atom stereocenters. The van der Waals surface area contributed by atoms with E-state index >= 15 is 0 Å². The number of nitrogens with two attached hydrogens (primary N) is 1. The van der Waals surface area contributed by atoms with E-state index in [-0.39, 0.29) is 18.3 Å². The Morgan fingerprint density at radius 3 is 2.67 bits per heavy atom. The lowest BCUT2D eigenvalue weighted by Crippen LogP contribution is -2.60. The fraction of sp³-hybridized carbons (Fsp3) is 0.478. The van der Waals surface area contributed by atoms with Crippen molar-refractivity contribution < 1.29 is 19.8 Å². The minimum atomic E-state index is -0.705. The number of carbonyl (C=O) groups is 2. The van der Waals surface area contributed by atoms with E-state index in [1.807, 2.05) is 17.0 Å². The summed E-state index contributed by atoms with van der Waals surface area (Å²) in [5, 5.41) is 18.6. The third-order valence-corrected chi connectivity index (χ3v) is 7.27. The first kappa shape index (κ1) is 24.8. The highest BCUT2D eigenvalue weighted by Gasteiger charge is 2.45. The fourth-order valence-electron chi connectivity index (χ4n) is 4.37. The summed E-state index contributed by atoms with van der Waals surface area (Å²) in [4.78, 5) is 33.3. The number of thioether (sulfide) groups is 1. The highest BCUT2D eigenvalue weighted by atomic mass is 32.2. The molecule has 0 aliphatic carbocycles. The molecule has 0 bridgehead atoms. The summed E-state index contributed by atoms with van der Waals surface area (Å²) < 4.78 is 0. The van der Waals surface area contributed by atoms with E-state index in [1.54, 1.807) is 24.8 Å². The van der Waals surface area contributed by atoms with Crippen LogP contribution in [0.3, 0.4) is 0 Å². The van der Waals surface area contributed by atoms with Gasteiger partial charge in [0.15, 0.2) is 5.16 Å². The van der Waals surface area contributed by atoms with Crippen molar-refractivity contribution in [2.75, 3.05) is 36.8 Å². The Bertz CT molecular complexity index is 991. The molecule has 4 rings (SSSR count). The molecule has 0 unspecified atom stereocenters. The number of fused-ring (bicyclic) bond motifs is 1. The summed E-state index contributed by atoms with van der Waals surface area (Å²) in [7, 11) is 0. The second kappa shape index (κ2) is 10.8. The zero-order valence-electron chi connectivity index (χ0n) is 19.0. The van der Waals surface area contributed by atoms with Gasteiger partial charge < -0.3 is 25.7 Å². The lowest BCUT2D eigenvalue weighted by atomic mass is 9.75. The molecule has 178 valence electrons. The van der Waals surface area contributed by atoms with Crippen LogP contribution in [0.25, 0.3) is 0 Å². The summed E-state index contributed by atoms with van der Waals surface area (Å²) in [5.74, 6) is 2.09. The van der Waals surface area contributed by atoms with Gasteiger partial charge in [0.05, 0.1) is 5.60 Å². The van der Waals surface area contributed by atoms with Gasteiger partial charge in [-0.2, -0.15) is 0 Å². The van der Waals surface area contributed by atoms with Gasteiger partial charge >= 0.3 is 0 Å². The first-order valence-corrected chi connectivity index (χ1v) is 11.9. The molecule has 2 aromatic rings. The third kappa shape index (κ3) is 6.14. The number of hydrogen-bond donors (Lipinski definition) is 3. The van der Waals surface area contributed by atoms with Gasteiger partial charge in [-0.3, -0.25) is 9.59 Å². The van der Waals surface area contributed by atoms with Crippen molar-refractivity contribution in [1.29, 1.82) is 0 Å². The van der Waals surface area contributed by atoms with Crippen molar-refractivity contribution in [3.8, 4) is 0 Å². The van der Waals surface area contributed by atoms with E-state index in [1.165, 1.54) is 11.1 Å². The topological polar surface area (TPSA) is 133 Å². The van der Waals surface area contributed by atoms with Crippen LogP contribution >= 0.6 is 11.8 Å². The number of hydrogen-bond acceptors (Lipinski definition) is 8. The van der Waals surface area contributed by atoms with E-state index in [0.717, 1.165) is 11.6 Å². The normalized spacial score (nSPS) is 22.1. The van der Waals surface area contributed by atoms with Crippen LogP contribution in [0, 0.1) is 12.8 Å². The van der Waals surface area contributed by atoms with Gasteiger partial charge in [-0.1, -0.05) is 36.0 Å². The second-order valence-electron chi connectivity index (χ2n) is 8.47. The van der Waals surface area contributed by atoms with Gasteiger partial charge in [0.1, 0.15) is 11.6 Å². The molecule has 3 heterocycles. The summed E-state index contributed by atoms with van der Waals surface area (Å²) in [6.45, 7) is 6.02. The number of aromatic nitrogens is 2. The number of benzene rings is 1. The number of amides is 1. The Morgan fingerprint density at radius 2 is 1.97 bits per heavy atom. The van der Waals surface area contributed by atoms with Gasteiger partial charge in [-0.25, -0.2) is 9.97 Å². The zero-order valence-corrected chi connectivity index (χ0v) is 19.8. The predicted octanol–water partition coefficient (Wildman–Crippen LogP) is 2.17. The third-order valence-electron chi connectivity index (χ3n) is 6.37. The summed E-state index contributed by atoms with van der Waals surface area (Å²) in [6, 6.07) is 10.1. The van der Waals surface area contributed by atoms with E-state index in [0.29, 0.717) is 50.0 Å². The maximum Gasteiger partial charge on any atom is 0.290 e. The Hall–Kier alpha value is -2.85. The largest absolute Gasteiger partial charge is 0.483 e. The highest BCUT2D eigenvalue weighted by Crippen LogP contribution is 2.37. The number of nitrogens with zero attached hydrogens (tertiary/aromatic N) is 4. The molecule has 10 heteroatoms. The first-order chi connectivity index (χ1) is 15.8. The molecule has 0 saturated carbocycles. The number of aryl methyl sites for hydroxylation is 1. The molecular weight excluding hydrogens is 442 g/mol. The fourth-order valence-corrected chi connectivity index (χ4v) is 5.30. The van der Waals surface area contributed by atoms with Crippen LogP contribution in [-0.2, 0) is 15.3 Å². The number of nitrogen functional groups attached to an aromatic ring is 1. The lowest BCUT2D eigenvalue weighted by molar-refractivity contribution is -0.139. The molecule has 4 N–H and O–H groups in total. The molecule has 0 radical (unpaired) electrons. The van der Waals surface area contributed by atoms with E-state index in [2.05, 4.69) is 28.9 Å². The van der Waals surface area contributed by atoms with Crippen LogP contribution in [0.15, 0.2) is 35.5 Å². The molecule has 1 aromatic carbocycles. The van der Waals surface area contributed by atoms with Crippen LogP contribution in [-0.4, -0.2) is 69.2 Å². The smallest absolute Gasteiger partial charge is 0.290 e. The summed E-state index contributed by atoms with van der Waals surface area (Å²) in [5.41, 5.74) is 7.89. The maximum atomic E-state index is 11.8. The standard InChI is InChI=1S/C22H29N5O2S.CH2O2/c1-15-5-3-4-6-17(15)14-30-21-24-19(23)11-20(25-21)27-10-8-22(29)7-9-26(16(2)28)12-18(22)13-27;2-1-3/h3-6,11,18,29H,7-10,12-14H2,1-2H3,(H2,23,24,25);1H,(H,2,3)/t18-,22-;/m0./s1. The van der Waals surface area contributed by atoms with Gasteiger partial charge in [0.25, 0.3) is 6.47 Å². The number of carboxylic acid groups (broad SMARTS) is 1. The molecule has 2 aliphatic rings. The van der Waals surface area contributed by atoms with Crippen molar-refractivity contribution in [2.45, 2.75) is 43.2 Å². The van der Waals surface area contributed by atoms with Crippen LogP contribution in [0.1, 0.15) is 30.9 Å². The number of carbonyl (C=O) groups excluding carboxylic acids is 1. The van der Waals surface area contributed by atoms with Crippen LogP contribution in [0.5, 0.6) is 0 Å². The van der Waals surface area contributed by atoms with E-state index in [4.69, 9.17) is 20.6 Å². The minimum absolute atomic E-state index is 0.00293. The van der Waals surface area contributed by atoms with Crippen LogP contribution in [0.2, 0.25) is 0 Å². The molecule has 1 amide bonds. The monoisotopic (exact) mass is 473 g/mol. The van der Waals surface area contributed by atoms with Gasteiger partial charge in [-0.05, 0) is 30.9 Å². The van der Waals surface area contributed by atoms with Crippen LogP contribution in [0.4, 0.5) is 11.6 Å². The maximum absolute atomic E-state index is 11.8. The molecule has 2 saturated heterocycles. The quantitative estimate of drug-likeness (QED) is 0.347. The summed E-state index contributed by atoms with van der Waals surface area (Å²) >= 11 is 1.58. The van der Waals surface area contributed by atoms with Crippen molar-refractivity contribution in [3.63, 3.8) is 0 Å². The van der Waals surface area contributed by atoms with Crippen molar-refractivity contribution >= 4 is 35.8 Å². The van der Waals surface area contributed by atoms with E-state index < -0.39 is 5.60 Å². The van der Waals surface area contributed by atoms with Crippen molar-refractivity contribution in [3.05, 3.63) is 41.5 Å². The average Bonchev–Trinajstić information content (AvgIpc) is 2.78. The molecule has 2 fully saturated rings. The highest BCUT2D eigenvalue weighted by molar-refractivity contribution is 7.98. The Morgan fingerprint density at radius 1 is 1.27 bits per heavy atom. The molecule has 2 aliphatic heterocycles. The van der Waals surface area contributed by atoms with Crippen molar-refractivity contribution in [1.82, 2.24) is 14.9 Å². The first-order valence-electron chi connectivity index (χ1n) is 10.9. The molecule has 9 nitrogen and oxygen atoms in total. The zero-order chi connectivity index (χ0) is 24.0. The molecule has 0 spiro atoms. The molecular formula is C23H31N5O4S.